The molecule has 1 aromatic rings. The SMILES string of the molecule is CC(C)n1ccc(CNCCCCl)n1. The summed E-state index contributed by atoms with van der Waals surface area (Å²) in [5.74, 6) is 0.716. The Hall–Kier alpha value is -0.540. The zero-order chi connectivity index (χ0) is 10.4. The molecule has 80 valence electrons. The Kier molecular flexibility index (Phi) is 4.98. The van der Waals surface area contributed by atoms with Crippen molar-refractivity contribution in [1.29, 1.82) is 0 Å². The third-order valence-electron chi connectivity index (χ3n) is 1.99. The van der Waals surface area contributed by atoms with E-state index in [1.54, 1.807) is 0 Å². The van der Waals surface area contributed by atoms with Crippen LogP contribution < -0.4 is 5.32 Å². The molecule has 0 bridgehead atoms. The van der Waals surface area contributed by atoms with Gasteiger partial charge in [-0.05, 0) is 32.9 Å². The van der Waals surface area contributed by atoms with Crippen LogP contribution in [0.25, 0.3) is 0 Å². The summed E-state index contributed by atoms with van der Waals surface area (Å²) in [6, 6.07) is 2.49. The van der Waals surface area contributed by atoms with Crippen molar-refractivity contribution in [3.8, 4) is 0 Å². The lowest BCUT2D eigenvalue weighted by molar-refractivity contribution is 0.521. The number of hydrogen-bond donors (Lipinski definition) is 1. The number of halogens is 1. The predicted octanol–water partition coefficient (Wildman–Crippen LogP) is 2.18. The Balaban J connectivity index is 2.29. The highest BCUT2D eigenvalue weighted by Gasteiger charge is 2.00. The fourth-order valence-electron chi connectivity index (χ4n) is 1.17. The fraction of sp³-hybridized carbons (Fsp3) is 0.700. The molecule has 0 radical (unpaired) electrons. The molecule has 0 saturated heterocycles. The summed E-state index contributed by atoms with van der Waals surface area (Å²) in [6.07, 6.45) is 3.02. The fourth-order valence-corrected chi connectivity index (χ4v) is 1.30. The van der Waals surface area contributed by atoms with Gasteiger partial charge in [0.25, 0.3) is 0 Å². The molecule has 14 heavy (non-hydrogen) atoms. The molecule has 0 aromatic carbocycles. The lowest BCUT2D eigenvalue weighted by Gasteiger charge is -2.04. The Morgan fingerprint density at radius 3 is 2.93 bits per heavy atom. The molecule has 1 heterocycles. The Morgan fingerprint density at radius 1 is 1.57 bits per heavy atom. The number of nitrogens with zero attached hydrogens (tertiary/aromatic N) is 2. The van der Waals surface area contributed by atoms with Crippen molar-refractivity contribution in [1.82, 2.24) is 15.1 Å². The van der Waals surface area contributed by atoms with Crippen LogP contribution in [0.4, 0.5) is 0 Å². The van der Waals surface area contributed by atoms with Gasteiger partial charge in [0.15, 0.2) is 0 Å². The van der Waals surface area contributed by atoms with E-state index in [0.29, 0.717) is 11.9 Å². The van der Waals surface area contributed by atoms with Crippen molar-refractivity contribution in [3.63, 3.8) is 0 Å². The van der Waals surface area contributed by atoms with E-state index >= 15 is 0 Å². The number of rotatable bonds is 6. The van der Waals surface area contributed by atoms with Crippen LogP contribution in [0.15, 0.2) is 12.3 Å². The van der Waals surface area contributed by atoms with Gasteiger partial charge >= 0.3 is 0 Å². The molecule has 1 aromatic heterocycles. The highest BCUT2D eigenvalue weighted by molar-refractivity contribution is 6.17. The van der Waals surface area contributed by atoms with Crippen LogP contribution in [0.2, 0.25) is 0 Å². The second-order valence-corrected chi connectivity index (χ2v) is 3.98. The van der Waals surface area contributed by atoms with Crippen molar-refractivity contribution in [2.75, 3.05) is 12.4 Å². The monoisotopic (exact) mass is 215 g/mol. The first-order valence-electron chi connectivity index (χ1n) is 5.04. The molecular formula is C10H18ClN3. The minimum atomic E-state index is 0.437. The standard InChI is InChI=1S/C10H18ClN3/c1-9(2)14-7-4-10(13-14)8-12-6-3-5-11/h4,7,9,12H,3,5-6,8H2,1-2H3. The average molecular weight is 216 g/mol. The lowest BCUT2D eigenvalue weighted by Crippen LogP contribution is -2.15. The third-order valence-corrected chi connectivity index (χ3v) is 2.25. The highest BCUT2D eigenvalue weighted by atomic mass is 35.5. The molecular weight excluding hydrogens is 198 g/mol. The summed E-state index contributed by atoms with van der Waals surface area (Å²) in [7, 11) is 0. The Morgan fingerprint density at radius 2 is 2.36 bits per heavy atom. The number of nitrogens with one attached hydrogen (secondary N) is 1. The highest BCUT2D eigenvalue weighted by Crippen LogP contribution is 2.03. The molecule has 0 saturated carbocycles. The van der Waals surface area contributed by atoms with E-state index in [0.717, 1.165) is 25.2 Å². The molecule has 1 rings (SSSR count). The first kappa shape index (κ1) is 11.5. The minimum Gasteiger partial charge on any atom is -0.311 e. The summed E-state index contributed by atoms with van der Waals surface area (Å²) < 4.78 is 1.97. The van der Waals surface area contributed by atoms with Crippen molar-refractivity contribution in [3.05, 3.63) is 18.0 Å². The first-order chi connectivity index (χ1) is 6.74. The summed E-state index contributed by atoms with van der Waals surface area (Å²) >= 11 is 5.57. The number of hydrogen-bond acceptors (Lipinski definition) is 2. The smallest absolute Gasteiger partial charge is 0.0762 e. The van der Waals surface area contributed by atoms with E-state index < -0.39 is 0 Å². The molecule has 0 aliphatic carbocycles. The normalized spacial score (nSPS) is 11.1. The Bertz CT molecular complexity index is 258. The van der Waals surface area contributed by atoms with Gasteiger partial charge in [0.1, 0.15) is 0 Å². The van der Waals surface area contributed by atoms with Gasteiger partial charge in [-0.3, -0.25) is 4.68 Å². The number of alkyl halides is 1. The molecule has 3 nitrogen and oxygen atoms in total. The van der Waals surface area contributed by atoms with Crippen molar-refractivity contribution in [2.24, 2.45) is 0 Å². The van der Waals surface area contributed by atoms with Gasteiger partial charge in [-0.1, -0.05) is 0 Å². The molecule has 0 unspecified atom stereocenters. The van der Waals surface area contributed by atoms with Crippen molar-refractivity contribution < 1.29 is 0 Å². The van der Waals surface area contributed by atoms with E-state index in [4.69, 9.17) is 11.6 Å². The largest absolute Gasteiger partial charge is 0.311 e. The molecule has 0 aliphatic rings. The van der Waals surface area contributed by atoms with Crippen LogP contribution in [0.5, 0.6) is 0 Å². The first-order valence-corrected chi connectivity index (χ1v) is 5.58. The maximum absolute atomic E-state index is 5.57. The van der Waals surface area contributed by atoms with Gasteiger partial charge in [-0.15, -0.1) is 11.6 Å². The van der Waals surface area contributed by atoms with Gasteiger partial charge < -0.3 is 5.32 Å². The molecule has 1 N–H and O–H groups in total. The Labute approximate surface area is 90.4 Å². The van der Waals surface area contributed by atoms with Crippen LogP contribution in [-0.4, -0.2) is 22.2 Å². The molecule has 4 heteroatoms. The topological polar surface area (TPSA) is 29.9 Å². The summed E-state index contributed by atoms with van der Waals surface area (Å²) in [4.78, 5) is 0. The van der Waals surface area contributed by atoms with E-state index in [9.17, 15) is 0 Å². The second kappa shape index (κ2) is 6.04. The molecule has 0 amide bonds. The van der Waals surface area contributed by atoms with Crippen LogP contribution in [0, 0.1) is 0 Å². The van der Waals surface area contributed by atoms with Gasteiger partial charge in [0.05, 0.1) is 5.69 Å². The summed E-state index contributed by atoms with van der Waals surface area (Å²) in [5.41, 5.74) is 1.09. The van der Waals surface area contributed by atoms with Gasteiger partial charge in [-0.25, -0.2) is 0 Å². The van der Waals surface area contributed by atoms with Crippen molar-refractivity contribution >= 4 is 11.6 Å². The zero-order valence-electron chi connectivity index (χ0n) is 8.83. The third kappa shape index (κ3) is 3.68. The van der Waals surface area contributed by atoms with Gasteiger partial charge in [0.2, 0.25) is 0 Å². The zero-order valence-corrected chi connectivity index (χ0v) is 9.59. The summed E-state index contributed by atoms with van der Waals surface area (Å²) in [6.45, 7) is 6.03. The van der Waals surface area contributed by atoms with Crippen LogP contribution >= 0.6 is 11.6 Å². The van der Waals surface area contributed by atoms with Gasteiger partial charge in [-0.2, -0.15) is 5.10 Å². The van der Waals surface area contributed by atoms with E-state index in [1.165, 1.54) is 0 Å². The van der Waals surface area contributed by atoms with Gasteiger partial charge in [0, 0.05) is 24.7 Å². The number of aromatic nitrogens is 2. The average Bonchev–Trinajstić information content (AvgIpc) is 2.61. The maximum atomic E-state index is 5.57. The van der Waals surface area contributed by atoms with Crippen LogP contribution in [-0.2, 0) is 6.54 Å². The van der Waals surface area contributed by atoms with E-state index in [2.05, 4.69) is 24.3 Å². The lowest BCUT2D eigenvalue weighted by atomic mass is 10.4. The summed E-state index contributed by atoms with van der Waals surface area (Å²) in [5, 5.41) is 7.72. The molecule has 0 spiro atoms. The molecule has 0 atom stereocenters. The van der Waals surface area contributed by atoms with Crippen LogP contribution in [0.1, 0.15) is 32.0 Å². The van der Waals surface area contributed by atoms with E-state index in [1.807, 2.05) is 16.9 Å². The predicted molar refractivity (Wildman–Crippen MR) is 59.7 cm³/mol. The van der Waals surface area contributed by atoms with E-state index in [-0.39, 0.29) is 0 Å². The van der Waals surface area contributed by atoms with Crippen LogP contribution in [0.3, 0.4) is 0 Å². The molecule has 0 fully saturated rings. The van der Waals surface area contributed by atoms with Crippen molar-refractivity contribution in [2.45, 2.75) is 32.9 Å². The second-order valence-electron chi connectivity index (χ2n) is 3.60. The minimum absolute atomic E-state index is 0.437. The molecule has 0 aliphatic heterocycles. The maximum Gasteiger partial charge on any atom is 0.0762 e. The quantitative estimate of drug-likeness (QED) is 0.583.